The maximum Gasteiger partial charge on any atom is 0.216 e. The predicted molar refractivity (Wildman–Crippen MR) is 103 cm³/mol. The summed E-state index contributed by atoms with van der Waals surface area (Å²) in [5.41, 5.74) is 1.09. The molecule has 7 heteroatoms. The van der Waals surface area contributed by atoms with Crippen LogP contribution in [0.25, 0.3) is 0 Å². The molecule has 0 saturated heterocycles. The van der Waals surface area contributed by atoms with Crippen molar-refractivity contribution in [3.8, 4) is 0 Å². The minimum atomic E-state index is -0.0391. The average Bonchev–Trinajstić information content (AvgIpc) is 3.21. The van der Waals surface area contributed by atoms with E-state index in [4.69, 9.17) is 4.42 Å². The lowest BCUT2D eigenvalue weighted by Crippen LogP contribution is -2.38. The van der Waals surface area contributed by atoms with Gasteiger partial charge in [0, 0.05) is 30.3 Å². The number of rotatable bonds is 7. The second-order valence-electron chi connectivity index (χ2n) is 6.83. The van der Waals surface area contributed by atoms with Crippen LogP contribution < -0.4 is 10.6 Å². The Morgan fingerprint density at radius 3 is 2.68 bits per heavy atom. The van der Waals surface area contributed by atoms with E-state index in [-0.39, 0.29) is 5.41 Å². The first-order valence-electron chi connectivity index (χ1n) is 8.83. The van der Waals surface area contributed by atoms with Gasteiger partial charge in [-0.1, -0.05) is 27.7 Å². The number of hydrogen-bond donors (Lipinski definition) is 2. The largest absolute Gasteiger partial charge is 0.443 e. The molecule has 0 aliphatic carbocycles. The first-order valence-corrected chi connectivity index (χ1v) is 9.71. The Kier molecular flexibility index (Phi) is 6.99. The van der Waals surface area contributed by atoms with E-state index in [1.807, 2.05) is 6.92 Å². The normalized spacial score (nSPS) is 12.4. The highest BCUT2D eigenvalue weighted by Crippen LogP contribution is 2.22. The number of nitrogens with one attached hydrogen (secondary N) is 2. The number of thiazole rings is 1. The monoisotopic (exact) mass is 363 g/mol. The third-order valence-electron chi connectivity index (χ3n) is 3.58. The number of oxazole rings is 1. The molecule has 0 fully saturated rings. The van der Waals surface area contributed by atoms with Crippen molar-refractivity contribution in [2.75, 3.05) is 13.1 Å². The van der Waals surface area contributed by atoms with Gasteiger partial charge < -0.3 is 15.1 Å². The summed E-state index contributed by atoms with van der Waals surface area (Å²) in [7, 11) is 0. The quantitative estimate of drug-likeness (QED) is 0.583. The maximum absolute atomic E-state index is 5.78. The number of aromatic nitrogens is 2. The number of nitrogens with zero attached hydrogens (tertiary/aromatic N) is 3. The SMILES string of the molecule is CCNC(=NCc1ncc(C(C)(C)C)o1)NCCc1csc(CC)n1. The fraction of sp³-hybridized carbons (Fsp3) is 0.611. The topological polar surface area (TPSA) is 75.3 Å². The molecule has 25 heavy (non-hydrogen) atoms. The summed E-state index contributed by atoms with van der Waals surface area (Å²) in [4.78, 5) is 13.5. The van der Waals surface area contributed by atoms with Crippen molar-refractivity contribution in [2.45, 2.75) is 59.4 Å². The van der Waals surface area contributed by atoms with Crippen LogP contribution in [0.15, 0.2) is 21.0 Å². The molecule has 0 aliphatic heterocycles. The van der Waals surface area contributed by atoms with Gasteiger partial charge in [-0.2, -0.15) is 0 Å². The molecule has 0 saturated carbocycles. The summed E-state index contributed by atoms with van der Waals surface area (Å²) in [6, 6.07) is 0. The molecule has 0 aromatic carbocycles. The Morgan fingerprint density at radius 1 is 1.28 bits per heavy atom. The Hall–Kier alpha value is -1.89. The molecule has 0 radical (unpaired) electrons. The van der Waals surface area contributed by atoms with Gasteiger partial charge in [-0.3, -0.25) is 0 Å². The predicted octanol–water partition coefficient (Wildman–Crippen LogP) is 3.29. The fourth-order valence-corrected chi connectivity index (χ4v) is 2.93. The van der Waals surface area contributed by atoms with Gasteiger partial charge in [-0.15, -0.1) is 11.3 Å². The van der Waals surface area contributed by atoms with Crippen molar-refractivity contribution in [3.63, 3.8) is 0 Å². The van der Waals surface area contributed by atoms with Crippen LogP contribution in [0.4, 0.5) is 0 Å². The van der Waals surface area contributed by atoms with Gasteiger partial charge in [0.2, 0.25) is 5.89 Å². The Morgan fingerprint density at radius 2 is 2.08 bits per heavy atom. The number of hydrogen-bond acceptors (Lipinski definition) is 5. The van der Waals surface area contributed by atoms with Gasteiger partial charge in [0.05, 0.1) is 16.9 Å². The first-order chi connectivity index (χ1) is 11.9. The summed E-state index contributed by atoms with van der Waals surface area (Å²) in [5.74, 6) is 2.28. The second kappa shape index (κ2) is 8.99. The fourth-order valence-electron chi connectivity index (χ4n) is 2.15. The molecule has 2 aromatic heterocycles. The lowest BCUT2D eigenvalue weighted by molar-refractivity contribution is 0.383. The van der Waals surface area contributed by atoms with Crippen LogP contribution in [0.2, 0.25) is 0 Å². The van der Waals surface area contributed by atoms with E-state index in [9.17, 15) is 0 Å². The summed E-state index contributed by atoms with van der Waals surface area (Å²) >= 11 is 1.72. The molecule has 2 aromatic rings. The summed E-state index contributed by atoms with van der Waals surface area (Å²) < 4.78 is 5.78. The van der Waals surface area contributed by atoms with E-state index >= 15 is 0 Å². The van der Waals surface area contributed by atoms with E-state index in [2.05, 4.69) is 58.7 Å². The van der Waals surface area contributed by atoms with Crippen LogP contribution in [0.5, 0.6) is 0 Å². The maximum atomic E-state index is 5.78. The van der Waals surface area contributed by atoms with Crippen molar-refractivity contribution in [2.24, 2.45) is 4.99 Å². The first kappa shape index (κ1) is 19.4. The second-order valence-corrected chi connectivity index (χ2v) is 7.77. The van der Waals surface area contributed by atoms with E-state index in [1.54, 1.807) is 17.5 Å². The molecular weight excluding hydrogens is 334 g/mol. The van der Waals surface area contributed by atoms with Crippen LogP contribution in [0, 0.1) is 0 Å². The van der Waals surface area contributed by atoms with Crippen molar-refractivity contribution < 1.29 is 4.42 Å². The van der Waals surface area contributed by atoms with E-state index in [0.29, 0.717) is 12.4 Å². The minimum Gasteiger partial charge on any atom is -0.443 e. The zero-order valence-electron chi connectivity index (χ0n) is 15.8. The van der Waals surface area contributed by atoms with Gasteiger partial charge in [0.25, 0.3) is 0 Å². The highest BCUT2D eigenvalue weighted by atomic mass is 32.1. The highest BCUT2D eigenvalue weighted by Gasteiger charge is 2.19. The summed E-state index contributed by atoms with van der Waals surface area (Å²) in [6.45, 7) is 12.5. The van der Waals surface area contributed by atoms with Crippen molar-refractivity contribution >= 4 is 17.3 Å². The number of aryl methyl sites for hydroxylation is 1. The van der Waals surface area contributed by atoms with Crippen LogP contribution in [-0.2, 0) is 24.8 Å². The third-order valence-corrected chi connectivity index (χ3v) is 4.63. The van der Waals surface area contributed by atoms with Crippen LogP contribution in [-0.4, -0.2) is 29.0 Å². The zero-order chi connectivity index (χ0) is 18.3. The highest BCUT2D eigenvalue weighted by molar-refractivity contribution is 7.09. The molecule has 0 atom stereocenters. The number of guanidine groups is 1. The lowest BCUT2D eigenvalue weighted by atomic mass is 9.94. The van der Waals surface area contributed by atoms with Crippen LogP contribution >= 0.6 is 11.3 Å². The van der Waals surface area contributed by atoms with Crippen LogP contribution in [0.1, 0.15) is 57.0 Å². The summed E-state index contributed by atoms with van der Waals surface area (Å²) in [5, 5.41) is 9.90. The van der Waals surface area contributed by atoms with Gasteiger partial charge in [0.15, 0.2) is 5.96 Å². The molecule has 2 N–H and O–H groups in total. The van der Waals surface area contributed by atoms with Gasteiger partial charge in [0.1, 0.15) is 12.3 Å². The molecule has 0 bridgehead atoms. The molecule has 0 amide bonds. The van der Waals surface area contributed by atoms with E-state index in [1.165, 1.54) is 5.01 Å². The zero-order valence-corrected chi connectivity index (χ0v) is 16.7. The molecule has 2 heterocycles. The van der Waals surface area contributed by atoms with E-state index in [0.717, 1.165) is 43.3 Å². The molecule has 0 aliphatic rings. The molecule has 0 unspecified atom stereocenters. The standard InChI is InChI=1S/C18H29N5OS/c1-6-16-23-13(12-25-16)8-9-20-17(19-7-2)22-11-15-21-10-14(24-15)18(3,4)5/h10,12H,6-9,11H2,1-5H3,(H2,19,20,22). The van der Waals surface area contributed by atoms with Crippen molar-refractivity contribution in [1.29, 1.82) is 0 Å². The minimum absolute atomic E-state index is 0.0391. The van der Waals surface area contributed by atoms with Crippen LogP contribution in [0.3, 0.4) is 0 Å². The molecule has 2 rings (SSSR count). The molecule has 138 valence electrons. The summed E-state index contributed by atoms with van der Waals surface area (Å²) in [6.07, 6.45) is 3.67. The Bertz CT molecular complexity index is 684. The van der Waals surface area contributed by atoms with Crippen molar-refractivity contribution in [3.05, 3.63) is 33.9 Å². The van der Waals surface area contributed by atoms with E-state index < -0.39 is 0 Å². The molecular formula is C18H29N5OS. The molecule has 6 nitrogen and oxygen atoms in total. The Labute approximate surface area is 154 Å². The lowest BCUT2D eigenvalue weighted by Gasteiger charge is -2.13. The third kappa shape index (κ3) is 6.16. The average molecular weight is 364 g/mol. The number of aliphatic imine (C=N–C) groups is 1. The van der Waals surface area contributed by atoms with Crippen molar-refractivity contribution in [1.82, 2.24) is 20.6 Å². The molecule has 0 spiro atoms. The van der Waals surface area contributed by atoms with Gasteiger partial charge in [-0.25, -0.2) is 15.0 Å². The van der Waals surface area contributed by atoms with Gasteiger partial charge in [-0.05, 0) is 13.3 Å². The van der Waals surface area contributed by atoms with Gasteiger partial charge >= 0.3 is 0 Å². The smallest absolute Gasteiger partial charge is 0.216 e. The Balaban J connectivity index is 1.88.